The van der Waals surface area contributed by atoms with Gasteiger partial charge in [-0.1, -0.05) is 24.3 Å². The van der Waals surface area contributed by atoms with Crippen molar-refractivity contribution in [2.75, 3.05) is 0 Å². The van der Waals surface area contributed by atoms with Gasteiger partial charge in [0.25, 0.3) is 0 Å². The highest BCUT2D eigenvalue weighted by Gasteiger charge is 2.02. The Morgan fingerprint density at radius 2 is 2.08 bits per heavy atom. The van der Waals surface area contributed by atoms with Gasteiger partial charge in [0.1, 0.15) is 0 Å². The summed E-state index contributed by atoms with van der Waals surface area (Å²) >= 11 is 0. The van der Waals surface area contributed by atoms with Crippen molar-refractivity contribution in [2.45, 2.75) is 13.8 Å². The maximum atomic E-state index is 10.8. The topological polar surface area (TPSA) is 61.2 Å². The molecule has 0 saturated heterocycles. The van der Waals surface area contributed by atoms with Crippen LogP contribution in [0.3, 0.4) is 0 Å². The van der Waals surface area contributed by atoms with Gasteiger partial charge in [-0.15, -0.1) is 0 Å². The predicted octanol–water partition coefficient (Wildman–Crippen LogP) is 2.54. The van der Waals surface area contributed by atoms with E-state index in [2.05, 4.69) is 6.58 Å². The normalized spacial score (nSPS) is 17.8. The molecular formula is C8H13NO2S. The molecule has 0 aliphatic heterocycles. The van der Waals surface area contributed by atoms with Gasteiger partial charge in [0.05, 0.1) is 4.91 Å². The minimum Gasteiger partial charge on any atom is -0.297 e. The van der Waals surface area contributed by atoms with Crippen molar-refractivity contribution < 1.29 is 8.76 Å². The molecule has 68 valence electrons. The second kappa shape index (κ2) is 4.23. The molecule has 2 N–H and O–H groups in total. The summed E-state index contributed by atoms with van der Waals surface area (Å²) in [6.07, 6.45) is 4.46. The molecule has 0 saturated carbocycles. The second-order valence-electron chi connectivity index (χ2n) is 2.40. The van der Waals surface area contributed by atoms with Crippen LogP contribution in [0.4, 0.5) is 0 Å². The van der Waals surface area contributed by atoms with Gasteiger partial charge in [-0.3, -0.25) is 4.55 Å². The molecule has 0 fully saturated rings. The zero-order chi connectivity index (χ0) is 9.78. The van der Waals surface area contributed by atoms with E-state index in [9.17, 15) is 4.21 Å². The summed E-state index contributed by atoms with van der Waals surface area (Å²) < 4.78 is 26.5. The minimum absolute atomic E-state index is 0.102. The van der Waals surface area contributed by atoms with Crippen molar-refractivity contribution in [2.24, 2.45) is 0 Å². The van der Waals surface area contributed by atoms with Crippen LogP contribution in [-0.2, 0) is 10.0 Å². The SMILES string of the molecule is C=C(C)/C=C\C(=C/C)S(=N)(=O)O. The first-order chi connectivity index (χ1) is 5.38. The predicted molar refractivity (Wildman–Crippen MR) is 51.2 cm³/mol. The van der Waals surface area contributed by atoms with Gasteiger partial charge in [0, 0.05) is 0 Å². The third-order valence-electron chi connectivity index (χ3n) is 1.14. The Kier molecular flexibility index (Phi) is 3.92. The van der Waals surface area contributed by atoms with E-state index in [1.807, 2.05) is 0 Å². The molecule has 0 aliphatic rings. The van der Waals surface area contributed by atoms with Crippen molar-refractivity contribution >= 4 is 10.0 Å². The van der Waals surface area contributed by atoms with E-state index < -0.39 is 10.0 Å². The van der Waals surface area contributed by atoms with E-state index in [1.54, 1.807) is 19.9 Å². The zero-order valence-corrected chi connectivity index (χ0v) is 8.02. The standard InChI is InChI=1S/C8H13NO2S/c1-4-8(12(9,10)11)6-5-7(2)3/h4-6H,2H2,1,3H3,(H2,9,10,11)/b6-5-,8-4+. The summed E-state index contributed by atoms with van der Waals surface area (Å²) in [6, 6.07) is 0. The molecule has 0 radical (unpaired) electrons. The molecule has 0 bridgehead atoms. The number of hydrogen-bond donors (Lipinski definition) is 2. The Hall–Kier alpha value is -0.870. The van der Waals surface area contributed by atoms with Gasteiger partial charge in [-0.2, -0.15) is 0 Å². The molecule has 0 aliphatic carbocycles. The minimum atomic E-state index is -3.58. The summed E-state index contributed by atoms with van der Waals surface area (Å²) in [4.78, 5) is 0.102. The monoisotopic (exact) mass is 187 g/mol. The van der Waals surface area contributed by atoms with Gasteiger partial charge < -0.3 is 0 Å². The number of allylic oxidation sites excluding steroid dienone is 4. The summed E-state index contributed by atoms with van der Waals surface area (Å²) in [6.45, 7) is 6.98. The van der Waals surface area contributed by atoms with Gasteiger partial charge in [0.15, 0.2) is 10.0 Å². The van der Waals surface area contributed by atoms with Crippen molar-refractivity contribution in [3.8, 4) is 0 Å². The average molecular weight is 187 g/mol. The van der Waals surface area contributed by atoms with Crippen molar-refractivity contribution in [1.82, 2.24) is 0 Å². The zero-order valence-electron chi connectivity index (χ0n) is 7.20. The summed E-state index contributed by atoms with van der Waals surface area (Å²) in [5.41, 5.74) is 0.776. The third-order valence-corrected chi connectivity index (χ3v) is 2.15. The molecule has 0 aromatic carbocycles. The Bertz CT molecular complexity index is 323. The first-order valence-corrected chi connectivity index (χ1v) is 4.90. The molecule has 12 heavy (non-hydrogen) atoms. The van der Waals surface area contributed by atoms with Crippen molar-refractivity contribution in [3.63, 3.8) is 0 Å². The van der Waals surface area contributed by atoms with E-state index in [4.69, 9.17) is 9.33 Å². The van der Waals surface area contributed by atoms with Crippen LogP contribution in [-0.4, -0.2) is 8.76 Å². The van der Waals surface area contributed by atoms with Crippen LogP contribution < -0.4 is 0 Å². The van der Waals surface area contributed by atoms with Gasteiger partial charge >= 0.3 is 0 Å². The fourth-order valence-corrected chi connectivity index (χ4v) is 1.14. The van der Waals surface area contributed by atoms with E-state index in [0.717, 1.165) is 5.57 Å². The van der Waals surface area contributed by atoms with Crippen molar-refractivity contribution in [1.29, 1.82) is 4.78 Å². The van der Waals surface area contributed by atoms with Crippen LogP contribution in [0, 0.1) is 4.78 Å². The fourth-order valence-electron chi connectivity index (χ4n) is 0.573. The Balaban J connectivity index is 4.77. The highest BCUT2D eigenvalue weighted by molar-refractivity contribution is 7.91. The van der Waals surface area contributed by atoms with Crippen LogP contribution in [0.2, 0.25) is 0 Å². The van der Waals surface area contributed by atoms with Crippen LogP contribution in [0.25, 0.3) is 0 Å². The molecule has 0 rings (SSSR count). The van der Waals surface area contributed by atoms with E-state index >= 15 is 0 Å². The average Bonchev–Trinajstić information content (AvgIpc) is 1.85. The highest BCUT2D eigenvalue weighted by atomic mass is 32.2. The molecular weight excluding hydrogens is 174 g/mol. The third kappa shape index (κ3) is 4.10. The Labute approximate surface area is 73.3 Å². The molecule has 1 atom stereocenters. The van der Waals surface area contributed by atoms with Gasteiger partial charge in [0.2, 0.25) is 0 Å². The maximum Gasteiger partial charge on any atom is 0.187 e. The van der Waals surface area contributed by atoms with Crippen LogP contribution >= 0.6 is 0 Å². The Morgan fingerprint density at radius 3 is 2.33 bits per heavy atom. The molecule has 4 heteroatoms. The van der Waals surface area contributed by atoms with Crippen LogP contribution in [0.5, 0.6) is 0 Å². The maximum absolute atomic E-state index is 10.8. The summed E-state index contributed by atoms with van der Waals surface area (Å²) in [7, 11) is -3.58. The number of nitrogens with one attached hydrogen (secondary N) is 1. The summed E-state index contributed by atoms with van der Waals surface area (Å²) in [5.74, 6) is 0. The molecule has 1 unspecified atom stereocenters. The lowest BCUT2D eigenvalue weighted by atomic mass is 10.3. The lowest BCUT2D eigenvalue weighted by Gasteiger charge is -1.98. The molecule has 3 nitrogen and oxygen atoms in total. The lowest BCUT2D eigenvalue weighted by molar-refractivity contribution is 0.557. The fraction of sp³-hybridized carbons (Fsp3) is 0.250. The van der Waals surface area contributed by atoms with E-state index in [1.165, 1.54) is 12.2 Å². The smallest absolute Gasteiger partial charge is 0.187 e. The molecule has 0 heterocycles. The number of rotatable bonds is 3. The van der Waals surface area contributed by atoms with E-state index in [-0.39, 0.29) is 4.91 Å². The first kappa shape index (κ1) is 11.1. The largest absolute Gasteiger partial charge is 0.297 e. The molecule has 0 aromatic heterocycles. The molecule has 0 aromatic rings. The summed E-state index contributed by atoms with van der Waals surface area (Å²) in [5, 5.41) is 0. The highest BCUT2D eigenvalue weighted by Crippen LogP contribution is 2.07. The number of hydrogen-bond acceptors (Lipinski definition) is 2. The molecule has 0 spiro atoms. The Morgan fingerprint density at radius 1 is 1.58 bits per heavy atom. The lowest BCUT2D eigenvalue weighted by Crippen LogP contribution is -1.96. The second-order valence-corrected chi connectivity index (χ2v) is 3.92. The first-order valence-electron chi connectivity index (χ1n) is 3.39. The van der Waals surface area contributed by atoms with Crippen LogP contribution in [0.15, 0.2) is 35.3 Å². The van der Waals surface area contributed by atoms with Gasteiger partial charge in [-0.25, -0.2) is 8.99 Å². The van der Waals surface area contributed by atoms with Crippen LogP contribution in [0.1, 0.15) is 13.8 Å². The van der Waals surface area contributed by atoms with Crippen molar-refractivity contribution in [3.05, 3.63) is 35.3 Å². The molecule has 0 amide bonds. The van der Waals surface area contributed by atoms with Gasteiger partial charge in [-0.05, 0) is 19.9 Å². The quantitative estimate of drug-likeness (QED) is 0.667. The van der Waals surface area contributed by atoms with E-state index in [0.29, 0.717) is 0 Å².